The van der Waals surface area contributed by atoms with E-state index in [0.717, 1.165) is 32.8 Å². The zero-order valence-electron chi connectivity index (χ0n) is 15.2. The van der Waals surface area contributed by atoms with Crippen molar-refractivity contribution in [1.82, 2.24) is 15.5 Å². The quantitative estimate of drug-likeness (QED) is 0.485. The van der Waals surface area contributed by atoms with E-state index in [1.165, 1.54) is 0 Å². The van der Waals surface area contributed by atoms with Crippen LogP contribution < -0.4 is 16.4 Å². The standard InChI is InChI=1S/C17H29N5O3/c1-12(2)14(22-6-8-24-9-7-22)11-21-17(19-3)20-10-13-4-5-15(25-13)16(18)23/h4-5,12,14H,6-11H2,1-3H3,(H2,18,23)(H2,19,20,21). The van der Waals surface area contributed by atoms with E-state index in [0.29, 0.717) is 30.2 Å². The summed E-state index contributed by atoms with van der Waals surface area (Å²) in [5, 5.41) is 6.56. The summed E-state index contributed by atoms with van der Waals surface area (Å²) < 4.78 is 10.8. The Balaban J connectivity index is 1.84. The Labute approximate surface area is 148 Å². The smallest absolute Gasteiger partial charge is 0.284 e. The van der Waals surface area contributed by atoms with Crippen LogP contribution in [-0.2, 0) is 11.3 Å². The van der Waals surface area contributed by atoms with E-state index >= 15 is 0 Å². The molecule has 25 heavy (non-hydrogen) atoms. The van der Waals surface area contributed by atoms with Gasteiger partial charge in [-0.05, 0) is 18.1 Å². The fraction of sp³-hybridized carbons (Fsp3) is 0.647. The van der Waals surface area contributed by atoms with Gasteiger partial charge in [0.25, 0.3) is 5.91 Å². The highest BCUT2D eigenvalue weighted by molar-refractivity contribution is 5.89. The maximum atomic E-state index is 11.1. The van der Waals surface area contributed by atoms with Crippen molar-refractivity contribution < 1.29 is 13.9 Å². The van der Waals surface area contributed by atoms with E-state index in [1.807, 2.05) is 0 Å². The fourth-order valence-corrected chi connectivity index (χ4v) is 2.89. The fourth-order valence-electron chi connectivity index (χ4n) is 2.89. The second-order valence-electron chi connectivity index (χ2n) is 6.40. The highest BCUT2D eigenvalue weighted by Crippen LogP contribution is 2.12. The largest absolute Gasteiger partial charge is 0.454 e. The van der Waals surface area contributed by atoms with Gasteiger partial charge in [-0.1, -0.05) is 13.8 Å². The molecule has 1 amide bonds. The Kier molecular flexibility index (Phi) is 7.27. The molecule has 0 aliphatic carbocycles. The average Bonchev–Trinajstić information content (AvgIpc) is 3.08. The van der Waals surface area contributed by atoms with Gasteiger partial charge in [0.2, 0.25) is 0 Å². The number of nitrogens with zero attached hydrogens (tertiary/aromatic N) is 2. The number of furan rings is 1. The number of carbonyl (C=O) groups is 1. The number of ether oxygens (including phenoxy) is 1. The van der Waals surface area contributed by atoms with E-state index in [2.05, 4.69) is 34.4 Å². The zero-order valence-corrected chi connectivity index (χ0v) is 15.2. The predicted octanol–water partition coefficient (Wildman–Crippen LogP) is 0.400. The first-order valence-corrected chi connectivity index (χ1v) is 8.66. The molecule has 1 atom stereocenters. The number of hydrogen-bond acceptors (Lipinski definition) is 5. The van der Waals surface area contributed by atoms with Crippen molar-refractivity contribution in [2.24, 2.45) is 16.6 Å². The summed E-state index contributed by atoms with van der Waals surface area (Å²) in [5.74, 6) is 1.43. The number of nitrogens with one attached hydrogen (secondary N) is 2. The van der Waals surface area contributed by atoms with Crippen LogP contribution in [-0.4, -0.2) is 62.7 Å². The van der Waals surface area contributed by atoms with Crippen molar-refractivity contribution in [3.63, 3.8) is 0 Å². The van der Waals surface area contributed by atoms with Crippen molar-refractivity contribution in [1.29, 1.82) is 0 Å². The van der Waals surface area contributed by atoms with Crippen molar-refractivity contribution >= 4 is 11.9 Å². The first kappa shape index (κ1) is 19.3. The summed E-state index contributed by atoms with van der Waals surface area (Å²) in [6, 6.07) is 3.71. The topological polar surface area (TPSA) is 105 Å². The van der Waals surface area contributed by atoms with Gasteiger partial charge in [0, 0.05) is 32.7 Å². The Bertz CT molecular complexity index is 579. The van der Waals surface area contributed by atoms with Crippen LogP contribution in [0.2, 0.25) is 0 Å². The Morgan fingerprint density at radius 2 is 2.04 bits per heavy atom. The Morgan fingerprint density at radius 1 is 1.32 bits per heavy atom. The van der Waals surface area contributed by atoms with Crippen LogP contribution >= 0.6 is 0 Å². The minimum Gasteiger partial charge on any atom is -0.454 e. The molecule has 1 aromatic heterocycles. The van der Waals surface area contributed by atoms with E-state index in [-0.39, 0.29) is 5.76 Å². The minimum absolute atomic E-state index is 0.159. The molecule has 140 valence electrons. The van der Waals surface area contributed by atoms with E-state index in [1.54, 1.807) is 19.2 Å². The molecule has 8 nitrogen and oxygen atoms in total. The number of morpholine rings is 1. The lowest BCUT2D eigenvalue weighted by molar-refractivity contribution is 0.00752. The molecule has 0 bridgehead atoms. The van der Waals surface area contributed by atoms with E-state index < -0.39 is 5.91 Å². The predicted molar refractivity (Wildman–Crippen MR) is 96.4 cm³/mol. The van der Waals surface area contributed by atoms with Gasteiger partial charge < -0.3 is 25.5 Å². The number of nitrogens with two attached hydrogens (primary N) is 1. The van der Waals surface area contributed by atoms with Gasteiger partial charge in [-0.3, -0.25) is 14.7 Å². The molecule has 1 saturated heterocycles. The lowest BCUT2D eigenvalue weighted by Crippen LogP contribution is -2.52. The molecule has 0 spiro atoms. The molecule has 0 radical (unpaired) electrons. The maximum Gasteiger partial charge on any atom is 0.284 e. The van der Waals surface area contributed by atoms with E-state index in [9.17, 15) is 4.79 Å². The molecule has 0 saturated carbocycles. The first-order chi connectivity index (χ1) is 12.0. The number of carbonyl (C=O) groups excluding carboxylic acids is 1. The molecule has 0 aromatic carbocycles. The average molecular weight is 351 g/mol. The summed E-state index contributed by atoms with van der Waals surface area (Å²) in [6.07, 6.45) is 0. The monoisotopic (exact) mass is 351 g/mol. The SMILES string of the molecule is CN=C(NCc1ccc(C(N)=O)o1)NCC(C(C)C)N1CCOCC1. The maximum absolute atomic E-state index is 11.1. The van der Waals surface area contributed by atoms with Crippen molar-refractivity contribution in [3.05, 3.63) is 23.7 Å². The zero-order chi connectivity index (χ0) is 18.2. The Morgan fingerprint density at radius 3 is 2.60 bits per heavy atom. The summed E-state index contributed by atoms with van der Waals surface area (Å²) in [5.41, 5.74) is 5.19. The molecular weight excluding hydrogens is 322 g/mol. The molecular formula is C17H29N5O3. The number of amides is 1. The van der Waals surface area contributed by atoms with Crippen LogP contribution in [0.4, 0.5) is 0 Å². The molecule has 1 aromatic rings. The van der Waals surface area contributed by atoms with Crippen LogP contribution in [0.25, 0.3) is 0 Å². The molecule has 8 heteroatoms. The van der Waals surface area contributed by atoms with Crippen LogP contribution in [0.3, 0.4) is 0 Å². The van der Waals surface area contributed by atoms with Gasteiger partial charge in [-0.2, -0.15) is 0 Å². The van der Waals surface area contributed by atoms with Gasteiger partial charge in [-0.15, -0.1) is 0 Å². The molecule has 2 rings (SSSR count). The minimum atomic E-state index is -0.570. The highest BCUT2D eigenvalue weighted by Gasteiger charge is 2.23. The molecule has 1 aliphatic heterocycles. The molecule has 1 aliphatic rings. The van der Waals surface area contributed by atoms with Crippen LogP contribution in [0.1, 0.15) is 30.2 Å². The molecule has 1 unspecified atom stereocenters. The summed E-state index contributed by atoms with van der Waals surface area (Å²) in [6.45, 7) is 9.17. The lowest BCUT2D eigenvalue weighted by Gasteiger charge is -2.37. The third-order valence-corrected chi connectivity index (χ3v) is 4.32. The lowest BCUT2D eigenvalue weighted by atomic mass is 10.0. The summed E-state index contributed by atoms with van der Waals surface area (Å²) in [4.78, 5) is 17.8. The molecule has 1 fully saturated rings. The molecule has 2 heterocycles. The number of primary amides is 1. The van der Waals surface area contributed by atoms with Gasteiger partial charge in [0.15, 0.2) is 11.7 Å². The number of guanidine groups is 1. The Hall–Kier alpha value is -2.06. The number of rotatable bonds is 7. The van der Waals surface area contributed by atoms with Gasteiger partial charge in [0.05, 0.1) is 19.8 Å². The first-order valence-electron chi connectivity index (χ1n) is 8.66. The van der Waals surface area contributed by atoms with E-state index in [4.69, 9.17) is 14.9 Å². The number of aliphatic imine (C=N–C) groups is 1. The van der Waals surface area contributed by atoms with Crippen LogP contribution in [0.5, 0.6) is 0 Å². The summed E-state index contributed by atoms with van der Waals surface area (Å²) in [7, 11) is 1.73. The van der Waals surface area contributed by atoms with Gasteiger partial charge >= 0.3 is 0 Å². The van der Waals surface area contributed by atoms with Gasteiger partial charge in [0.1, 0.15) is 5.76 Å². The van der Waals surface area contributed by atoms with Gasteiger partial charge in [-0.25, -0.2) is 0 Å². The third kappa shape index (κ3) is 5.75. The van der Waals surface area contributed by atoms with Crippen LogP contribution in [0, 0.1) is 5.92 Å². The second-order valence-corrected chi connectivity index (χ2v) is 6.40. The van der Waals surface area contributed by atoms with Crippen molar-refractivity contribution in [2.45, 2.75) is 26.4 Å². The second kappa shape index (κ2) is 9.43. The normalized spacial score (nSPS) is 17.5. The van der Waals surface area contributed by atoms with Crippen molar-refractivity contribution in [2.75, 3.05) is 39.9 Å². The van der Waals surface area contributed by atoms with Crippen LogP contribution in [0.15, 0.2) is 21.5 Å². The summed E-state index contributed by atoms with van der Waals surface area (Å²) >= 11 is 0. The van der Waals surface area contributed by atoms with Crippen molar-refractivity contribution in [3.8, 4) is 0 Å². The molecule has 4 N–H and O–H groups in total. The third-order valence-electron chi connectivity index (χ3n) is 4.32. The highest BCUT2D eigenvalue weighted by atomic mass is 16.5. The number of hydrogen-bond donors (Lipinski definition) is 3.